The summed E-state index contributed by atoms with van der Waals surface area (Å²) in [4.78, 5) is 12.5. The Morgan fingerprint density at radius 2 is 2.00 bits per heavy atom. The zero-order chi connectivity index (χ0) is 13.9. The number of hydrogen-bond acceptors (Lipinski definition) is 4. The summed E-state index contributed by atoms with van der Waals surface area (Å²) in [7, 11) is 0. The topological polar surface area (TPSA) is 79.5 Å². The molecule has 0 aliphatic carbocycles. The van der Waals surface area contributed by atoms with Crippen LogP contribution in [0.25, 0.3) is 0 Å². The first-order valence-electron chi connectivity index (χ1n) is 6.04. The van der Waals surface area contributed by atoms with Crippen molar-refractivity contribution >= 4 is 6.09 Å². The number of carboxylic acid groups (broad SMARTS) is 1. The van der Waals surface area contributed by atoms with Crippen molar-refractivity contribution in [2.75, 3.05) is 6.54 Å². The molecule has 0 aliphatic heterocycles. The molecule has 0 aliphatic rings. The third kappa shape index (κ3) is 3.72. The molecule has 0 radical (unpaired) electrons. The molecule has 0 saturated carbocycles. The third-order valence-corrected chi connectivity index (χ3v) is 2.57. The van der Waals surface area contributed by atoms with Gasteiger partial charge in [-0.25, -0.2) is 4.79 Å². The van der Waals surface area contributed by atoms with E-state index in [-0.39, 0.29) is 5.92 Å². The van der Waals surface area contributed by atoms with E-state index in [0.717, 1.165) is 0 Å². The molecule has 0 bridgehead atoms. The van der Waals surface area contributed by atoms with Crippen LogP contribution in [-0.2, 0) is 6.42 Å². The number of rotatable bonds is 4. The van der Waals surface area contributed by atoms with Crippen molar-refractivity contribution < 1.29 is 14.3 Å². The summed E-state index contributed by atoms with van der Waals surface area (Å²) in [5, 5.41) is 17.0. The van der Waals surface area contributed by atoms with Crippen LogP contribution in [0.1, 0.15) is 52.3 Å². The monoisotopic (exact) mass is 255 g/mol. The quantitative estimate of drug-likeness (QED) is 0.894. The molecule has 6 heteroatoms. The summed E-state index contributed by atoms with van der Waals surface area (Å²) in [6, 6.07) is 0. The summed E-state index contributed by atoms with van der Waals surface area (Å²) >= 11 is 0. The van der Waals surface area contributed by atoms with E-state index >= 15 is 0 Å². The van der Waals surface area contributed by atoms with Crippen LogP contribution in [0.5, 0.6) is 0 Å². The van der Waals surface area contributed by atoms with Gasteiger partial charge in [0.1, 0.15) is 0 Å². The first kappa shape index (κ1) is 14.5. The lowest BCUT2D eigenvalue weighted by atomic mass is 10.1. The highest BCUT2D eigenvalue weighted by atomic mass is 16.4. The Kier molecular flexibility index (Phi) is 4.32. The van der Waals surface area contributed by atoms with Crippen LogP contribution < -0.4 is 0 Å². The van der Waals surface area contributed by atoms with Crippen molar-refractivity contribution in [2.24, 2.45) is 0 Å². The minimum absolute atomic E-state index is 0.185. The third-order valence-electron chi connectivity index (χ3n) is 2.57. The van der Waals surface area contributed by atoms with Crippen molar-refractivity contribution in [3.05, 3.63) is 11.8 Å². The molecule has 1 rings (SSSR count). The van der Waals surface area contributed by atoms with Gasteiger partial charge in [0.2, 0.25) is 11.8 Å². The molecule has 18 heavy (non-hydrogen) atoms. The molecule has 6 nitrogen and oxygen atoms in total. The Balaban J connectivity index is 2.65. The highest BCUT2D eigenvalue weighted by molar-refractivity contribution is 5.65. The molecular weight excluding hydrogens is 234 g/mol. The zero-order valence-corrected chi connectivity index (χ0v) is 11.6. The second-order valence-corrected chi connectivity index (χ2v) is 5.54. The maximum Gasteiger partial charge on any atom is 0.407 e. The minimum Gasteiger partial charge on any atom is -0.465 e. The Bertz CT molecular complexity index is 407. The maximum absolute atomic E-state index is 11.1. The van der Waals surface area contributed by atoms with Gasteiger partial charge < -0.3 is 14.4 Å². The van der Waals surface area contributed by atoms with Gasteiger partial charge >= 0.3 is 6.09 Å². The summed E-state index contributed by atoms with van der Waals surface area (Å²) < 4.78 is 5.45. The first-order chi connectivity index (χ1) is 8.21. The van der Waals surface area contributed by atoms with Crippen LogP contribution in [-0.4, -0.2) is 38.4 Å². The molecule has 0 aromatic carbocycles. The molecule has 0 unspecified atom stereocenters. The molecule has 1 aromatic heterocycles. The van der Waals surface area contributed by atoms with Crippen molar-refractivity contribution in [3.63, 3.8) is 0 Å². The van der Waals surface area contributed by atoms with E-state index in [4.69, 9.17) is 9.52 Å². The van der Waals surface area contributed by atoms with E-state index in [9.17, 15) is 4.79 Å². The lowest BCUT2D eigenvalue weighted by Crippen LogP contribution is -2.45. The van der Waals surface area contributed by atoms with Crippen molar-refractivity contribution in [3.8, 4) is 0 Å². The van der Waals surface area contributed by atoms with E-state index in [1.807, 2.05) is 34.6 Å². The zero-order valence-electron chi connectivity index (χ0n) is 11.6. The standard InChI is InChI=1S/C12H21N3O3/c1-8(2)10-14-13-9(18-10)6-7-15(11(16)17)12(3,4)5/h8H,6-7H2,1-5H3,(H,16,17). The number of nitrogens with zero attached hydrogens (tertiary/aromatic N) is 3. The minimum atomic E-state index is -0.939. The fourth-order valence-corrected chi connectivity index (χ4v) is 1.53. The Labute approximate surface area is 107 Å². The second kappa shape index (κ2) is 5.37. The van der Waals surface area contributed by atoms with Gasteiger partial charge in [0.05, 0.1) is 0 Å². The van der Waals surface area contributed by atoms with Gasteiger partial charge in [-0.1, -0.05) is 13.8 Å². The van der Waals surface area contributed by atoms with E-state index in [0.29, 0.717) is 24.7 Å². The summed E-state index contributed by atoms with van der Waals surface area (Å²) in [5.74, 6) is 1.25. The molecule has 0 saturated heterocycles. The van der Waals surface area contributed by atoms with Gasteiger partial charge in [0, 0.05) is 24.4 Å². The van der Waals surface area contributed by atoms with E-state index < -0.39 is 11.6 Å². The highest BCUT2D eigenvalue weighted by Crippen LogP contribution is 2.16. The lowest BCUT2D eigenvalue weighted by Gasteiger charge is -2.32. The largest absolute Gasteiger partial charge is 0.465 e. The Morgan fingerprint density at radius 3 is 2.39 bits per heavy atom. The average molecular weight is 255 g/mol. The van der Waals surface area contributed by atoms with Gasteiger partial charge in [-0.15, -0.1) is 10.2 Å². The second-order valence-electron chi connectivity index (χ2n) is 5.54. The first-order valence-corrected chi connectivity index (χ1v) is 6.04. The Hall–Kier alpha value is -1.59. The van der Waals surface area contributed by atoms with Crippen LogP contribution >= 0.6 is 0 Å². The Morgan fingerprint density at radius 1 is 1.39 bits per heavy atom. The fraction of sp³-hybridized carbons (Fsp3) is 0.750. The van der Waals surface area contributed by atoms with E-state index in [1.54, 1.807) is 0 Å². The van der Waals surface area contributed by atoms with E-state index in [2.05, 4.69) is 10.2 Å². The predicted molar refractivity (Wildman–Crippen MR) is 66.6 cm³/mol. The molecule has 1 aromatic rings. The van der Waals surface area contributed by atoms with Gasteiger partial charge in [0.15, 0.2) is 0 Å². The molecule has 1 N–H and O–H groups in total. The molecule has 0 atom stereocenters. The molecule has 1 amide bonds. The van der Waals surface area contributed by atoms with Crippen LogP contribution in [0.4, 0.5) is 4.79 Å². The van der Waals surface area contributed by atoms with E-state index in [1.165, 1.54) is 4.90 Å². The molecule has 0 spiro atoms. The van der Waals surface area contributed by atoms with Crippen molar-refractivity contribution in [1.82, 2.24) is 15.1 Å². The molecular formula is C12H21N3O3. The molecule has 0 fully saturated rings. The lowest BCUT2D eigenvalue weighted by molar-refractivity contribution is 0.0999. The number of carbonyl (C=O) groups is 1. The SMILES string of the molecule is CC(C)c1nnc(CCN(C(=O)O)C(C)(C)C)o1. The van der Waals surface area contributed by atoms with Crippen LogP contribution in [0.3, 0.4) is 0 Å². The fourth-order valence-electron chi connectivity index (χ4n) is 1.53. The van der Waals surface area contributed by atoms with Crippen molar-refractivity contribution in [1.29, 1.82) is 0 Å². The van der Waals surface area contributed by atoms with Gasteiger partial charge in [-0.2, -0.15) is 0 Å². The average Bonchev–Trinajstić information content (AvgIpc) is 2.63. The summed E-state index contributed by atoms with van der Waals surface area (Å²) in [5.41, 5.74) is -0.438. The summed E-state index contributed by atoms with van der Waals surface area (Å²) in [6.07, 6.45) is -0.505. The molecule has 1 heterocycles. The van der Waals surface area contributed by atoms with Crippen LogP contribution in [0, 0.1) is 0 Å². The number of hydrogen-bond donors (Lipinski definition) is 1. The predicted octanol–water partition coefficient (Wildman–Crippen LogP) is 2.51. The molecule has 102 valence electrons. The van der Waals surface area contributed by atoms with Crippen LogP contribution in [0.2, 0.25) is 0 Å². The highest BCUT2D eigenvalue weighted by Gasteiger charge is 2.26. The van der Waals surface area contributed by atoms with Gasteiger partial charge in [0.25, 0.3) is 0 Å². The smallest absolute Gasteiger partial charge is 0.407 e. The van der Waals surface area contributed by atoms with Gasteiger partial charge in [-0.3, -0.25) is 0 Å². The summed E-state index contributed by atoms with van der Waals surface area (Å²) in [6.45, 7) is 9.85. The van der Waals surface area contributed by atoms with Crippen LogP contribution in [0.15, 0.2) is 4.42 Å². The van der Waals surface area contributed by atoms with Crippen molar-refractivity contribution in [2.45, 2.75) is 52.5 Å². The number of aromatic nitrogens is 2. The number of amides is 1. The maximum atomic E-state index is 11.1. The normalized spacial score (nSPS) is 11.9. The van der Waals surface area contributed by atoms with Gasteiger partial charge in [-0.05, 0) is 20.8 Å².